The lowest BCUT2D eigenvalue weighted by Gasteiger charge is -2.05. The molecular formula is C20H15FN2O4. The van der Waals surface area contributed by atoms with E-state index in [0.717, 1.165) is 5.56 Å². The van der Waals surface area contributed by atoms with Crippen molar-refractivity contribution < 1.29 is 23.5 Å². The number of nitrogens with one attached hydrogen (secondary N) is 1. The van der Waals surface area contributed by atoms with Gasteiger partial charge < -0.3 is 9.52 Å². The summed E-state index contributed by atoms with van der Waals surface area (Å²) in [4.78, 5) is 22.9. The minimum Gasteiger partial charge on any atom is -0.475 e. The van der Waals surface area contributed by atoms with Gasteiger partial charge >= 0.3 is 5.97 Å². The Balaban J connectivity index is 1.72. The standard InChI is InChI=1S/C20H15FN2O4/c1-12(22-23-19(24)15-4-2-3-5-16(15)21)13-6-8-14(9-7-13)17-10-11-18(27-17)20(25)26/h2-11H,1H3,(H,23,24)(H,25,26)/b22-12-. The highest BCUT2D eigenvalue weighted by atomic mass is 19.1. The second-order valence-electron chi connectivity index (χ2n) is 5.66. The van der Waals surface area contributed by atoms with E-state index in [4.69, 9.17) is 9.52 Å². The van der Waals surface area contributed by atoms with Gasteiger partial charge in [0.25, 0.3) is 5.91 Å². The van der Waals surface area contributed by atoms with Crippen molar-refractivity contribution in [1.29, 1.82) is 0 Å². The Morgan fingerprint density at radius 2 is 1.74 bits per heavy atom. The molecule has 0 atom stereocenters. The molecule has 0 fully saturated rings. The van der Waals surface area contributed by atoms with E-state index >= 15 is 0 Å². The summed E-state index contributed by atoms with van der Waals surface area (Å²) in [5.74, 6) is -2.09. The van der Waals surface area contributed by atoms with E-state index in [-0.39, 0.29) is 11.3 Å². The monoisotopic (exact) mass is 366 g/mol. The Hall–Kier alpha value is -3.74. The normalized spacial score (nSPS) is 11.3. The van der Waals surface area contributed by atoms with Crippen molar-refractivity contribution in [3.63, 3.8) is 0 Å². The van der Waals surface area contributed by atoms with Gasteiger partial charge in [-0.3, -0.25) is 4.79 Å². The second kappa shape index (κ2) is 7.65. The first-order chi connectivity index (χ1) is 13.0. The molecule has 2 aromatic carbocycles. The Bertz CT molecular complexity index is 1020. The number of benzene rings is 2. The maximum absolute atomic E-state index is 13.6. The molecular weight excluding hydrogens is 351 g/mol. The number of amides is 1. The molecule has 3 aromatic rings. The van der Waals surface area contributed by atoms with Gasteiger partial charge in [0.15, 0.2) is 0 Å². The van der Waals surface area contributed by atoms with Crippen molar-refractivity contribution in [1.82, 2.24) is 5.43 Å². The van der Waals surface area contributed by atoms with Gasteiger partial charge in [-0.1, -0.05) is 36.4 Å². The molecule has 0 saturated carbocycles. The van der Waals surface area contributed by atoms with Gasteiger partial charge in [-0.05, 0) is 36.8 Å². The number of nitrogens with zero attached hydrogens (tertiary/aromatic N) is 1. The molecule has 0 aliphatic heterocycles. The van der Waals surface area contributed by atoms with Gasteiger partial charge in [-0.25, -0.2) is 14.6 Å². The van der Waals surface area contributed by atoms with Gasteiger partial charge in [-0.2, -0.15) is 5.10 Å². The van der Waals surface area contributed by atoms with Gasteiger partial charge in [0.1, 0.15) is 11.6 Å². The van der Waals surface area contributed by atoms with Crippen LogP contribution in [-0.4, -0.2) is 22.7 Å². The molecule has 0 saturated heterocycles. The maximum atomic E-state index is 13.6. The summed E-state index contributed by atoms with van der Waals surface area (Å²) in [6.07, 6.45) is 0. The summed E-state index contributed by atoms with van der Waals surface area (Å²) in [5, 5.41) is 12.9. The molecule has 1 amide bonds. The van der Waals surface area contributed by atoms with Crippen LogP contribution in [0.5, 0.6) is 0 Å². The first-order valence-electron chi connectivity index (χ1n) is 7.99. The van der Waals surface area contributed by atoms with Crippen LogP contribution in [0.1, 0.15) is 33.4 Å². The van der Waals surface area contributed by atoms with Crippen molar-refractivity contribution in [2.75, 3.05) is 0 Å². The molecule has 0 aliphatic rings. The zero-order valence-corrected chi connectivity index (χ0v) is 14.3. The zero-order chi connectivity index (χ0) is 19.4. The van der Waals surface area contributed by atoms with E-state index in [2.05, 4.69) is 10.5 Å². The minimum absolute atomic E-state index is 0.0866. The molecule has 0 aliphatic carbocycles. The van der Waals surface area contributed by atoms with Crippen molar-refractivity contribution in [2.45, 2.75) is 6.92 Å². The number of carboxylic acids is 1. The molecule has 6 nitrogen and oxygen atoms in total. The average Bonchev–Trinajstić information content (AvgIpc) is 3.17. The summed E-state index contributed by atoms with van der Waals surface area (Å²) in [6.45, 7) is 1.70. The number of rotatable bonds is 5. The number of hydrogen-bond acceptors (Lipinski definition) is 4. The highest BCUT2D eigenvalue weighted by molar-refractivity contribution is 6.01. The third-order valence-corrected chi connectivity index (χ3v) is 3.85. The smallest absolute Gasteiger partial charge is 0.371 e. The fourth-order valence-electron chi connectivity index (χ4n) is 2.39. The molecule has 7 heteroatoms. The number of carbonyl (C=O) groups is 2. The summed E-state index contributed by atoms with van der Waals surface area (Å²) in [5.41, 5.74) is 4.20. The summed E-state index contributed by atoms with van der Waals surface area (Å²) in [6, 6.07) is 15.6. The van der Waals surface area contributed by atoms with Crippen LogP contribution in [0.3, 0.4) is 0 Å². The van der Waals surface area contributed by atoms with Crippen LogP contribution in [-0.2, 0) is 0 Å². The molecule has 3 rings (SSSR count). The Morgan fingerprint density at radius 3 is 2.37 bits per heavy atom. The van der Waals surface area contributed by atoms with Gasteiger partial charge in [0.2, 0.25) is 5.76 Å². The van der Waals surface area contributed by atoms with E-state index in [1.54, 1.807) is 43.3 Å². The number of aromatic carboxylic acids is 1. The first-order valence-corrected chi connectivity index (χ1v) is 7.99. The zero-order valence-electron chi connectivity index (χ0n) is 14.3. The highest BCUT2D eigenvalue weighted by Crippen LogP contribution is 2.22. The summed E-state index contributed by atoms with van der Waals surface area (Å²) < 4.78 is 18.8. The highest BCUT2D eigenvalue weighted by Gasteiger charge is 2.11. The Kier molecular flexibility index (Phi) is 5.12. The lowest BCUT2D eigenvalue weighted by Crippen LogP contribution is -2.20. The van der Waals surface area contributed by atoms with Crippen molar-refractivity contribution in [2.24, 2.45) is 5.10 Å². The molecule has 0 bridgehead atoms. The number of halogens is 1. The van der Waals surface area contributed by atoms with E-state index < -0.39 is 17.7 Å². The lowest BCUT2D eigenvalue weighted by molar-refractivity contribution is 0.0663. The van der Waals surface area contributed by atoms with Crippen LogP contribution >= 0.6 is 0 Å². The molecule has 27 heavy (non-hydrogen) atoms. The van der Waals surface area contributed by atoms with Crippen LogP contribution in [0.2, 0.25) is 0 Å². The quantitative estimate of drug-likeness (QED) is 0.528. The SMILES string of the molecule is C/C(=N/NC(=O)c1ccccc1F)c1ccc(-c2ccc(C(=O)O)o2)cc1. The molecule has 1 heterocycles. The average molecular weight is 366 g/mol. The van der Waals surface area contributed by atoms with Crippen LogP contribution in [0, 0.1) is 5.82 Å². The first kappa shape index (κ1) is 18.1. The van der Waals surface area contributed by atoms with Crippen molar-refractivity contribution in [3.05, 3.63) is 83.4 Å². The summed E-state index contributed by atoms with van der Waals surface area (Å²) >= 11 is 0. The second-order valence-corrected chi connectivity index (χ2v) is 5.66. The predicted molar refractivity (Wildman–Crippen MR) is 97.2 cm³/mol. The minimum atomic E-state index is -1.13. The van der Waals surface area contributed by atoms with Crippen LogP contribution in [0.15, 0.2) is 70.2 Å². The fraction of sp³-hybridized carbons (Fsp3) is 0.0500. The third-order valence-electron chi connectivity index (χ3n) is 3.85. The van der Waals surface area contributed by atoms with Gasteiger partial charge in [0.05, 0.1) is 11.3 Å². The van der Waals surface area contributed by atoms with Crippen LogP contribution in [0.4, 0.5) is 4.39 Å². The fourth-order valence-corrected chi connectivity index (χ4v) is 2.39. The van der Waals surface area contributed by atoms with E-state index in [9.17, 15) is 14.0 Å². The summed E-state index contributed by atoms with van der Waals surface area (Å²) in [7, 11) is 0. The van der Waals surface area contributed by atoms with E-state index in [1.807, 2.05) is 0 Å². The van der Waals surface area contributed by atoms with Crippen molar-refractivity contribution >= 4 is 17.6 Å². The number of hydrogen-bond donors (Lipinski definition) is 2. The van der Waals surface area contributed by atoms with Gasteiger partial charge in [0, 0.05) is 5.56 Å². The van der Waals surface area contributed by atoms with E-state index in [1.165, 1.54) is 24.3 Å². The van der Waals surface area contributed by atoms with Gasteiger partial charge in [-0.15, -0.1) is 0 Å². The van der Waals surface area contributed by atoms with Crippen molar-refractivity contribution in [3.8, 4) is 11.3 Å². The third kappa shape index (κ3) is 4.09. The molecule has 0 spiro atoms. The lowest BCUT2D eigenvalue weighted by atomic mass is 10.1. The van der Waals surface area contributed by atoms with Crippen LogP contribution in [0.25, 0.3) is 11.3 Å². The Morgan fingerprint density at radius 1 is 1.04 bits per heavy atom. The topological polar surface area (TPSA) is 91.9 Å². The Labute approximate surface area is 153 Å². The van der Waals surface area contributed by atoms with Crippen LogP contribution < -0.4 is 5.43 Å². The number of carboxylic acid groups (broad SMARTS) is 1. The largest absolute Gasteiger partial charge is 0.475 e. The number of carbonyl (C=O) groups excluding carboxylic acids is 1. The molecule has 1 aromatic heterocycles. The molecule has 0 unspecified atom stereocenters. The number of furan rings is 1. The van der Waals surface area contributed by atoms with E-state index in [0.29, 0.717) is 17.0 Å². The molecule has 136 valence electrons. The molecule has 2 N–H and O–H groups in total. The maximum Gasteiger partial charge on any atom is 0.371 e. The molecule has 0 radical (unpaired) electrons. The predicted octanol–water partition coefficient (Wildman–Crippen LogP) is 3.94. The number of hydrazone groups is 1.